The first kappa shape index (κ1) is 21.9. The van der Waals surface area contributed by atoms with Crippen molar-refractivity contribution in [1.82, 2.24) is 4.90 Å². The zero-order valence-corrected chi connectivity index (χ0v) is 19.0. The fraction of sp³-hybridized carbons (Fsp3) is 0.409. The summed E-state index contributed by atoms with van der Waals surface area (Å²) in [5, 5.41) is 11.5. The zero-order valence-electron chi connectivity index (χ0n) is 17.5. The number of aliphatic hydroxyl groups is 1. The highest BCUT2D eigenvalue weighted by Crippen LogP contribution is 2.47. The Labute approximate surface area is 186 Å². The number of aliphatic hydroxyl groups excluding tert-OH is 1. The molecule has 1 amide bonds. The number of ether oxygens (including phenoxy) is 2. The van der Waals surface area contributed by atoms with Gasteiger partial charge in [0.25, 0.3) is 0 Å². The molecule has 1 saturated heterocycles. The standard InChI is InChI=1S/C22H24ClNO6S/c1-22(2)21(26)20(24-10-4-5-19(24)25)15-11-18(17(29-3)12-16(15)30-22)31(27,28)14-8-6-13(23)7-9-14/h6-9,11-12,20-21,26H,4-5,10H2,1-3H3. The Morgan fingerprint density at radius 2 is 1.90 bits per heavy atom. The number of carbonyl (C=O) groups excluding carboxylic acids is 1. The summed E-state index contributed by atoms with van der Waals surface area (Å²) in [5.41, 5.74) is -0.544. The molecule has 1 N–H and O–H groups in total. The average Bonchev–Trinajstić information content (AvgIpc) is 3.13. The van der Waals surface area contributed by atoms with Gasteiger partial charge in [0, 0.05) is 29.6 Å². The van der Waals surface area contributed by atoms with Crippen LogP contribution < -0.4 is 9.47 Å². The van der Waals surface area contributed by atoms with Crippen LogP contribution in [0.1, 0.15) is 38.3 Å². The number of benzene rings is 2. The predicted octanol–water partition coefficient (Wildman–Crippen LogP) is 3.38. The Morgan fingerprint density at radius 1 is 1.23 bits per heavy atom. The van der Waals surface area contributed by atoms with Gasteiger partial charge in [-0.25, -0.2) is 8.42 Å². The molecule has 2 atom stereocenters. The first-order valence-electron chi connectivity index (χ1n) is 9.95. The molecule has 0 spiro atoms. The quantitative estimate of drug-likeness (QED) is 0.744. The summed E-state index contributed by atoms with van der Waals surface area (Å²) in [6.07, 6.45) is 0.0398. The van der Waals surface area contributed by atoms with Crippen molar-refractivity contribution in [2.45, 2.75) is 54.2 Å². The van der Waals surface area contributed by atoms with E-state index in [-0.39, 0.29) is 21.4 Å². The number of sulfone groups is 1. The number of fused-ring (bicyclic) bond motifs is 1. The number of hydrogen-bond donors (Lipinski definition) is 1. The van der Waals surface area contributed by atoms with E-state index in [1.54, 1.807) is 18.7 Å². The molecule has 2 heterocycles. The number of likely N-dealkylation sites (tertiary alicyclic amines) is 1. The van der Waals surface area contributed by atoms with E-state index in [1.807, 2.05) is 0 Å². The van der Waals surface area contributed by atoms with Crippen LogP contribution in [-0.2, 0) is 14.6 Å². The fourth-order valence-electron chi connectivity index (χ4n) is 4.18. The third kappa shape index (κ3) is 3.66. The van der Waals surface area contributed by atoms with Crippen LogP contribution in [0, 0.1) is 0 Å². The van der Waals surface area contributed by atoms with Gasteiger partial charge in [0.15, 0.2) is 0 Å². The second-order valence-electron chi connectivity index (χ2n) is 8.28. The third-order valence-electron chi connectivity index (χ3n) is 5.86. The molecule has 7 nitrogen and oxygen atoms in total. The third-order valence-corrected chi connectivity index (χ3v) is 7.90. The number of amides is 1. The highest BCUT2D eigenvalue weighted by Gasteiger charge is 2.48. The van der Waals surface area contributed by atoms with Crippen molar-refractivity contribution in [2.24, 2.45) is 0 Å². The number of carbonyl (C=O) groups is 1. The summed E-state index contributed by atoms with van der Waals surface area (Å²) in [7, 11) is -2.58. The zero-order chi connectivity index (χ0) is 22.6. The van der Waals surface area contributed by atoms with Gasteiger partial charge in [-0.05, 0) is 50.6 Å². The van der Waals surface area contributed by atoms with Gasteiger partial charge in [-0.3, -0.25) is 4.79 Å². The number of rotatable bonds is 4. The van der Waals surface area contributed by atoms with Crippen LogP contribution in [0.2, 0.25) is 5.02 Å². The lowest BCUT2D eigenvalue weighted by atomic mass is 9.85. The lowest BCUT2D eigenvalue weighted by molar-refractivity contribution is -0.139. The molecule has 9 heteroatoms. The highest BCUT2D eigenvalue weighted by molar-refractivity contribution is 7.91. The van der Waals surface area contributed by atoms with Crippen LogP contribution in [0.25, 0.3) is 0 Å². The Balaban J connectivity index is 1.92. The molecule has 2 aliphatic heterocycles. The van der Waals surface area contributed by atoms with Crippen molar-refractivity contribution < 1.29 is 27.8 Å². The monoisotopic (exact) mass is 465 g/mol. The average molecular weight is 466 g/mol. The normalized spacial score (nSPS) is 22.7. The first-order chi connectivity index (χ1) is 14.6. The molecule has 166 valence electrons. The summed E-state index contributed by atoms with van der Waals surface area (Å²) in [6, 6.07) is 8.09. The van der Waals surface area contributed by atoms with Crippen molar-refractivity contribution >= 4 is 27.3 Å². The van der Waals surface area contributed by atoms with Crippen LogP contribution in [0.5, 0.6) is 11.5 Å². The predicted molar refractivity (Wildman–Crippen MR) is 114 cm³/mol. The Bertz CT molecular complexity index is 1130. The van der Waals surface area contributed by atoms with E-state index in [1.165, 1.54) is 43.5 Å². The molecule has 4 rings (SSSR count). The van der Waals surface area contributed by atoms with Crippen LogP contribution in [0.3, 0.4) is 0 Å². The smallest absolute Gasteiger partial charge is 0.223 e. The lowest BCUT2D eigenvalue weighted by Gasteiger charge is -2.45. The van der Waals surface area contributed by atoms with E-state index in [9.17, 15) is 18.3 Å². The summed E-state index contributed by atoms with van der Waals surface area (Å²) in [6.45, 7) is 3.96. The van der Waals surface area contributed by atoms with E-state index < -0.39 is 27.6 Å². The first-order valence-corrected chi connectivity index (χ1v) is 11.8. The molecule has 2 unspecified atom stereocenters. The number of methoxy groups -OCH3 is 1. The van der Waals surface area contributed by atoms with Crippen LogP contribution in [-0.4, -0.2) is 49.7 Å². The van der Waals surface area contributed by atoms with Crippen LogP contribution in [0.15, 0.2) is 46.2 Å². The van der Waals surface area contributed by atoms with E-state index in [0.29, 0.717) is 35.7 Å². The summed E-state index contributed by atoms with van der Waals surface area (Å²) >= 11 is 5.91. The van der Waals surface area contributed by atoms with Crippen molar-refractivity contribution in [3.05, 3.63) is 47.0 Å². The van der Waals surface area contributed by atoms with Gasteiger partial charge < -0.3 is 19.5 Å². The maximum atomic E-state index is 13.4. The highest BCUT2D eigenvalue weighted by atomic mass is 35.5. The maximum absolute atomic E-state index is 13.4. The minimum Gasteiger partial charge on any atom is -0.495 e. The topological polar surface area (TPSA) is 93.1 Å². The van der Waals surface area contributed by atoms with E-state index in [2.05, 4.69) is 0 Å². The van der Waals surface area contributed by atoms with Gasteiger partial charge in [0.1, 0.15) is 28.1 Å². The van der Waals surface area contributed by atoms with E-state index >= 15 is 0 Å². The molecule has 0 aromatic heterocycles. The molecule has 0 aliphatic carbocycles. The maximum Gasteiger partial charge on any atom is 0.223 e. The minimum absolute atomic E-state index is 0.0570. The SMILES string of the molecule is COc1cc2c(cc1S(=O)(=O)c1ccc(Cl)cc1)C(N1CCCC1=O)C(O)C(C)(C)O2. The number of halogens is 1. The second-order valence-corrected chi connectivity index (χ2v) is 10.6. The van der Waals surface area contributed by atoms with Crippen LogP contribution in [0.4, 0.5) is 0 Å². The molecule has 0 radical (unpaired) electrons. The van der Waals surface area contributed by atoms with Gasteiger partial charge in [-0.1, -0.05) is 11.6 Å². The molecule has 2 aliphatic rings. The molecular weight excluding hydrogens is 442 g/mol. The van der Waals surface area contributed by atoms with Gasteiger partial charge in [-0.2, -0.15) is 0 Å². The lowest BCUT2D eigenvalue weighted by Crippen LogP contribution is -2.53. The molecule has 0 saturated carbocycles. The number of nitrogens with zero attached hydrogens (tertiary/aromatic N) is 1. The van der Waals surface area contributed by atoms with E-state index in [0.717, 1.165) is 0 Å². The Morgan fingerprint density at radius 3 is 2.48 bits per heavy atom. The Kier molecular flexibility index (Phi) is 5.44. The van der Waals surface area contributed by atoms with Crippen molar-refractivity contribution in [2.75, 3.05) is 13.7 Å². The van der Waals surface area contributed by atoms with Crippen molar-refractivity contribution in [3.8, 4) is 11.5 Å². The molecule has 2 aromatic rings. The second kappa shape index (κ2) is 7.69. The van der Waals surface area contributed by atoms with Crippen LogP contribution >= 0.6 is 11.6 Å². The van der Waals surface area contributed by atoms with Crippen molar-refractivity contribution in [1.29, 1.82) is 0 Å². The van der Waals surface area contributed by atoms with Gasteiger partial charge in [0.2, 0.25) is 15.7 Å². The Hall–Kier alpha value is -2.29. The van der Waals surface area contributed by atoms with Gasteiger partial charge in [0.05, 0.1) is 18.0 Å². The summed E-state index contributed by atoms with van der Waals surface area (Å²) in [4.78, 5) is 14.1. The van der Waals surface area contributed by atoms with Crippen molar-refractivity contribution in [3.63, 3.8) is 0 Å². The molecular formula is C22H24ClNO6S. The summed E-state index contributed by atoms with van der Waals surface area (Å²) in [5.74, 6) is 0.421. The number of hydrogen-bond acceptors (Lipinski definition) is 6. The molecule has 31 heavy (non-hydrogen) atoms. The van der Waals surface area contributed by atoms with E-state index in [4.69, 9.17) is 21.1 Å². The molecule has 1 fully saturated rings. The molecule has 0 bridgehead atoms. The largest absolute Gasteiger partial charge is 0.495 e. The molecule has 2 aromatic carbocycles. The minimum atomic E-state index is -3.96. The fourth-order valence-corrected chi connectivity index (χ4v) is 5.75. The van der Waals surface area contributed by atoms with Gasteiger partial charge in [-0.15, -0.1) is 0 Å². The summed E-state index contributed by atoms with van der Waals surface area (Å²) < 4.78 is 38.2. The van der Waals surface area contributed by atoms with Gasteiger partial charge >= 0.3 is 0 Å².